The number of nitro benzene ring substituents is 1. The van der Waals surface area contributed by atoms with Crippen molar-refractivity contribution in [2.45, 2.75) is 13.3 Å². The minimum atomic E-state index is -0.545. The van der Waals surface area contributed by atoms with Gasteiger partial charge < -0.3 is 10.3 Å². The van der Waals surface area contributed by atoms with Crippen molar-refractivity contribution in [3.63, 3.8) is 0 Å². The Morgan fingerprint density at radius 1 is 1.56 bits per heavy atom. The molecule has 0 aliphatic carbocycles. The molecule has 0 aliphatic rings. The van der Waals surface area contributed by atoms with Crippen LogP contribution >= 0.6 is 0 Å². The van der Waals surface area contributed by atoms with Crippen molar-refractivity contribution in [2.75, 3.05) is 19.0 Å². The number of carbonyl (C=O) groups is 1. The molecular weight excluding hydrogens is 236 g/mol. The highest BCUT2D eigenvalue weighted by molar-refractivity contribution is 6.00. The number of nitrogen functional groups attached to an aromatic ring is 1. The molecule has 3 N–H and O–H groups in total. The molecule has 0 saturated carbocycles. The highest BCUT2D eigenvalue weighted by Gasteiger charge is 2.18. The molecule has 0 spiro atoms. The second-order valence-electron chi connectivity index (χ2n) is 3.86. The van der Waals surface area contributed by atoms with Crippen LogP contribution in [0.5, 0.6) is 0 Å². The summed E-state index contributed by atoms with van der Waals surface area (Å²) in [5, 5.41) is 10.7. The van der Waals surface area contributed by atoms with E-state index in [1.165, 1.54) is 23.1 Å². The molecule has 0 aromatic heterocycles. The average Bonchev–Trinajstić information content (AvgIpc) is 2.37. The molecule has 0 bridgehead atoms. The molecule has 0 radical (unpaired) electrons. The predicted octanol–water partition coefficient (Wildman–Crippen LogP) is 1.36. The topological polar surface area (TPSA) is 102 Å². The van der Waals surface area contributed by atoms with Gasteiger partial charge >= 0.3 is 0 Å². The summed E-state index contributed by atoms with van der Waals surface area (Å²) in [6.45, 7) is 2.52. The molecule has 0 atom stereocenters. The SMILES string of the molecule is CCCN(C)C(=O)c1cc([N+](=O)[O-])ccc1NN. The van der Waals surface area contributed by atoms with Crippen molar-refractivity contribution >= 4 is 17.3 Å². The quantitative estimate of drug-likeness (QED) is 0.468. The van der Waals surface area contributed by atoms with Crippen LogP contribution in [-0.2, 0) is 0 Å². The summed E-state index contributed by atoms with van der Waals surface area (Å²) in [6, 6.07) is 3.95. The lowest BCUT2D eigenvalue weighted by Crippen LogP contribution is -2.28. The number of nitrogens with zero attached hydrogens (tertiary/aromatic N) is 2. The van der Waals surface area contributed by atoms with Crippen LogP contribution in [0.4, 0.5) is 11.4 Å². The number of benzene rings is 1. The molecule has 7 nitrogen and oxygen atoms in total. The van der Waals surface area contributed by atoms with Crippen molar-refractivity contribution in [3.05, 3.63) is 33.9 Å². The molecule has 0 fully saturated rings. The van der Waals surface area contributed by atoms with Crippen LogP contribution in [0.25, 0.3) is 0 Å². The zero-order chi connectivity index (χ0) is 13.7. The Bertz CT molecular complexity index is 462. The highest BCUT2D eigenvalue weighted by atomic mass is 16.6. The van der Waals surface area contributed by atoms with E-state index in [9.17, 15) is 14.9 Å². The Hall–Kier alpha value is -2.15. The Balaban J connectivity index is 3.15. The van der Waals surface area contributed by atoms with Crippen LogP contribution in [0.3, 0.4) is 0 Å². The van der Waals surface area contributed by atoms with E-state index in [4.69, 9.17) is 5.84 Å². The van der Waals surface area contributed by atoms with Gasteiger partial charge in [-0.2, -0.15) is 0 Å². The number of anilines is 1. The van der Waals surface area contributed by atoms with E-state index in [2.05, 4.69) is 5.43 Å². The van der Waals surface area contributed by atoms with E-state index < -0.39 is 4.92 Å². The third-order valence-corrected chi connectivity index (χ3v) is 2.51. The number of hydrogen-bond acceptors (Lipinski definition) is 5. The summed E-state index contributed by atoms with van der Waals surface area (Å²) in [7, 11) is 1.64. The van der Waals surface area contributed by atoms with E-state index in [1.54, 1.807) is 7.05 Å². The summed E-state index contributed by atoms with van der Waals surface area (Å²) < 4.78 is 0. The summed E-state index contributed by atoms with van der Waals surface area (Å²) in [4.78, 5) is 23.8. The number of rotatable bonds is 5. The lowest BCUT2D eigenvalue weighted by molar-refractivity contribution is -0.384. The number of amides is 1. The van der Waals surface area contributed by atoms with Crippen LogP contribution in [-0.4, -0.2) is 29.3 Å². The molecule has 7 heteroatoms. The molecule has 18 heavy (non-hydrogen) atoms. The van der Waals surface area contributed by atoms with E-state index in [1.807, 2.05) is 6.92 Å². The van der Waals surface area contributed by atoms with Crippen LogP contribution in [0.2, 0.25) is 0 Å². The van der Waals surface area contributed by atoms with Gasteiger partial charge in [0, 0.05) is 25.7 Å². The summed E-state index contributed by atoms with van der Waals surface area (Å²) in [6.07, 6.45) is 0.808. The number of hydrazine groups is 1. The Morgan fingerprint density at radius 3 is 2.72 bits per heavy atom. The fourth-order valence-corrected chi connectivity index (χ4v) is 1.59. The Kier molecular flexibility index (Phi) is 4.61. The maximum Gasteiger partial charge on any atom is 0.270 e. The zero-order valence-electron chi connectivity index (χ0n) is 10.3. The number of hydrogen-bond donors (Lipinski definition) is 2. The van der Waals surface area contributed by atoms with Crippen molar-refractivity contribution in [2.24, 2.45) is 5.84 Å². The maximum absolute atomic E-state index is 12.1. The molecule has 1 rings (SSSR count). The smallest absolute Gasteiger partial charge is 0.270 e. The molecule has 0 heterocycles. The average molecular weight is 252 g/mol. The number of nitrogens with one attached hydrogen (secondary N) is 1. The molecule has 0 aliphatic heterocycles. The molecular formula is C11H16N4O3. The van der Waals surface area contributed by atoms with Gasteiger partial charge in [-0.3, -0.25) is 20.8 Å². The fraction of sp³-hybridized carbons (Fsp3) is 0.364. The third-order valence-electron chi connectivity index (χ3n) is 2.51. The first-order chi connectivity index (χ1) is 8.51. The van der Waals surface area contributed by atoms with Gasteiger partial charge in [-0.15, -0.1) is 0 Å². The minimum absolute atomic E-state index is 0.137. The van der Waals surface area contributed by atoms with E-state index in [0.717, 1.165) is 6.42 Å². The van der Waals surface area contributed by atoms with Crippen LogP contribution in [0.1, 0.15) is 23.7 Å². The standard InChI is InChI=1S/C11H16N4O3/c1-3-6-14(2)11(16)9-7-8(15(17)18)4-5-10(9)13-12/h4-5,7,13H,3,6,12H2,1-2H3. The number of nitro groups is 1. The van der Waals surface area contributed by atoms with Gasteiger partial charge in [-0.05, 0) is 12.5 Å². The fourth-order valence-electron chi connectivity index (χ4n) is 1.59. The number of carbonyl (C=O) groups excluding carboxylic acids is 1. The van der Waals surface area contributed by atoms with E-state index in [-0.39, 0.29) is 17.2 Å². The van der Waals surface area contributed by atoms with Gasteiger partial charge in [0.2, 0.25) is 0 Å². The Labute approximate surface area is 105 Å². The number of non-ortho nitro benzene ring substituents is 1. The van der Waals surface area contributed by atoms with Gasteiger partial charge in [0.05, 0.1) is 16.2 Å². The van der Waals surface area contributed by atoms with Crippen molar-refractivity contribution in [1.82, 2.24) is 4.90 Å². The second kappa shape index (κ2) is 5.97. The van der Waals surface area contributed by atoms with E-state index >= 15 is 0 Å². The largest absolute Gasteiger partial charge is 0.342 e. The van der Waals surface area contributed by atoms with Gasteiger partial charge in [-0.1, -0.05) is 6.92 Å². The molecule has 1 aromatic rings. The normalized spacial score (nSPS) is 9.94. The molecule has 98 valence electrons. The lowest BCUT2D eigenvalue weighted by Gasteiger charge is -2.17. The number of nitrogens with two attached hydrogens (primary N) is 1. The second-order valence-corrected chi connectivity index (χ2v) is 3.86. The van der Waals surface area contributed by atoms with Crippen LogP contribution in [0.15, 0.2) is 18.2 Å². The highest BCUT2D eigenvalue weighted by Crippen LogP contribution is 2.22. The molecule has 1 aromatic carbocycles. The van der Waals surface area contributed by atoms with Gasteiger partial charge in [0.1, 0.15) is 0 Å². The summed E-state index contributed by atoms with van der Waals surface area (Å²) >= 11 is 0. The van der Waals surface area contributed by atoms with Crippen LogP contribution < -0.4 is 11.3 Å². The third kappa shape index (κ3) is 2.95. The van der Waals surface area contributed by atoms with Gasteiger partial charge in [-0.25, -0.2) is 0 Å². The zero-order valence-corrected chi connectivity index (χ0v) is 10.3. The monoisotopic (exact) mass is 252 g/mol. The molecule has 1 amide bonds. The maximum atomic E-state index is 12.1. The first kappa shape index (κ1) is 13.9. The Morgan fingerprint density at radius 2 is 2.22 bits per heavy atom. The first-order valence-corrected chi connectivity index (χ1v) is 5.51. The van der Waals surface area contributed by atoms with E-state index in [0.29, 0.717) is 12.2 Å². The van der Waals surface area contributed by atoms with Gasteiger partial charge in [0.25, 0.3) is 11.6 Å². The molecule has 0 unspecified atom stereocenters. The minimum Gasteiger partial charge on any atom is -0.342 e. The summed E-state index contributed by atoms with van der Waals surface area (Å²) in [5.41, 5.74) is 2.80. The lowest BCUT2D eigenvalue weighted by atomic mass is 10.1. The predicted molar refractivity (Wildman–Crippen MR) is 68.2 cm³/mol. The summed E-state index contributed by atoms with van der Waals surface area (Å²) in [5.74, 6) is 5.00. The van der Waals surface area contributed by atoms with Gasteiger partial charge in [0.15, 0.2) is 0 Å². The van der Waals surface area contributed by atoms with Crippen molar-refractivity contribution in [1.29, 1.82) is 0 Å². The van der Waals surface area contributed by atoms with Crippen molar-refractivity contribution < 1.29 is 9.72 Å². The molecule has 0 saturated heterocycles. The van der Waals surface area contributed by atoms with Crippen molar-refractivity contribution in [3.8, 4) is 0 Å². The first-order valence-electron chi connectivity index (χ1n) is 5.51. The van der Waals surface area contributed by atoms with Crippen LogP contribution in [0, 0.1) is 10.1 Å².